The number of hydrazone groups is 1. The number of nitrogens with one attached hydrogen (secondary N) is 1. The summed E-state index contributed by atoms with van der Waals surface area (Å²) >= 11 is 0. The molecule has 0 aliphatic heterocycles. The summed E-state index contributed by atoms with van der Waals surface area (Å²) in [6.45, 7) is 8.10. The van der Waals surface area contributed by atoms with Crippen LogP contribution < -0.4 is 10.2 Å². The molecular weight excluding hydrogens is 316 g/mol. The number of carbonyl (C=O) groups excluding carboxylic acids is 1. The quantitative estimate of drug-likeness (QED) is 0.645. The van der Waals surface area contributed by atoms with Gasteiger partial charge in [-0.2, -0.15) is 5.10 Å². The smallest absolute Gasteiger partial charge is 0.277 e. The number of nitrogens with zero attached hydrogens (tertiary/aromatic N) is 1. The van der Waals surface area contributed by atoms with E-state index in [1.807, 2.05) is 24.3 Å². The topological polar surface area (TPSA) is 70.9 Å². The third-order valence-corrected chi connectivity index (χ3v) is 3.72. The minimum absolute atomic E-state index is 0.0797. The van der Waals surface area contributed by atoms with Crippen LogP contribution in [0.5, 0.6) is 11.5 Å². The molecule has 2 N–H and O–H groups in total. The molecule has 2 rings (SSSR count). The lowest BCUT2D eigenvalue weighted by Crippen LogP contribution is -2.25. The second kappa shape index (κ2) is 7.83. The number of carbonyl (C=O) groups is 1. The summed E-state index contributed by atoms with van der Waals surface area (Å²) in [5.41, 5.74) is 5.21. The average Bonchev–Trinajstić information content (AvgIpc) is 2.58. The Morgan fingerprint density at radius 2 is 1.68 bits per heavy atom. The van der Waals surface area contributed by atoms with Gasteiger partial charge in [0.25, 0.3) is 5.91 Å². The van der Waals surface area contributed by atoms with Gasteiger partial charge in [0.15, 0.2) is 6.61 Å². The summed E-state index contributed by atoms with van der Waals surface area (Å²) in [5, 5.41) is 13.3. The standard InChI is InChI=1S/C20H24N2O3/c1-14(15-5-9-17(23)10-6-15)21-22-19(24)13-25-18-11-7-16(8-12-18)20(2,3)4/h5-12,23H,13H2,1-4H3,(H,22,24)/b21-14+. The van der Waals surface area contributed by atoms with E-state index in [1.54, 1.807) is 31.2 Å². The van der Waals surface area contributed by atoms with Gasteiger partial charge in [-0.3, -0.25) is 4.79 Å². The third kappa shape index (κ3) is 5.64. The molecule has 132 valence electrons. The van der Waals surface area contributed by atoms with Crippen molar-refractivity contribution in [3.05, 3.63) is 59.7 Å². The van der Waals surface area contributed by atoms with E-state index in [2.05, 4.69) is 31.3 Å². The largest absolute Gasteiger partial charge is 0.508 e. The summed E-state index contributed by atoms with van der Waals surface area (Å²) in [6, 6.07) is 14.3. The Kier molecular flexibility index (Phi) is 5.80. The first-order valence-electron chi connectivity index (χ1n) is 8.11. The summed E-state index contributed by atoms with van der Waals surface area (Å²) in [5.74, 6) is 0.492. The number of hydrogen-bond acceptors (Lipinski definition) is 4. The lowest BCUT2D eigenvalue weighted by molar-refractivity contribution is -0.123. The van der Waals surface area contributed by atoms with E-state index in [4.69, 9.17) is 4.74 Å². The third-order valence-electron chi connectivity index (χ3n) is 3.72. The molecule has 0 aliphatic carbocycles. The van der Waals surface area contributed by atoms with Crippen molar-refractivity contribution in [3.63, 3.8) is 0 Å². The molecule has 2 aromatic rings. The van der Waals surface area contributed by atoms with Gasteiger partial charge in [0.1, 0.15) is 11.5 Å². The molecule has 0 saturated heterocycles. The van der Waals surface area contributed by atoms with Crippen LogP contribution in [0.2, 0.25) is 0 Å². The zero-order valence-electron chi connectivity index (χ0n) is 15.0. The summed E-state index contributed by atoms with van der Waals surface area (Å²) in [4.78, 5) is 11.8. The van der Waals surface area contributed by atoms with Crippen LogP contribution in [-0.2, 0) is 10.2 Å². The molecule has 2 aromatic carbocycles. The number of hydrogen-bond donors (Lipinski definition) is 2. The summed E-state index contributed by atoms with van der Waals surface area (Å²) in [6.07, 6.45) is 0. The molecule has 0 saturated carbocycles. The minimum atomic E-state index is -0.335. The van der Waals surface area contributed by atoms with Crippen molar-refractivity contribution in [2.45, 2.75) is 33.1 Å². The van der Waals surface area contributed by atoms with Gasteiger partial charge < -0.3 is 9.84 Å². The number of ether oxygens (including phenoxy) is 1. The van der Waals surface area contributed by atoms with Gasteiger partial charge in [-0.15, -0.1) is 0 Å². The highest BCUT2D eigenvalue weighted by Crippen LogP contribution is 2.24. The lowest BCUT2D eigenvalue weighted by Gasteiger charge is -2.19. The number of amides is 1. The number of rotatable bonds is 5. The molecule has 0 fully saturated rings. The van der Waals surface area contributed by atoms with Crippen molar-refractivity contribution in [1.82, 2.24) is 5.43 Å². The van der Waals surface area contributed by atoms with E-state index >= 15 is 0 Å². The maximum Gasteiger partial charge on any atom is 0.277 e. The lowest BCUT2D eigenvalue weighted by atomic mass is 9.87. The number of phenols is 1. The summed E-state index contributed by atoms with van der Waals surface area (Å²) < 4.78 is 5.47. The zero-order chi connectivity index (χ0) is 18.4. The molecule has 0 unspecified atom stereocenters. The molecule has 0 heterocycles. The van der Waals surface area contributed by atoms with Crippen molar-refractivity contribution in [2.24, 2.45) is 5.10 Å². The molecule has 5 heteroatoms. The second-order valence-corrected chi connectivity index (χ2v) is 6.84. The summed E-state index contributed by atoms with van der Waals surface area (Å²) in [7, 11) is 0. The Bertz CT molecular complexity index is 742. The van der Waals surface area contributed by atoms with Crippen molar-refractivity contribution in [2.75, 3.05) is 6.61 Å². The van der Waals surface area contributed by atoms with E-state index in [9.17, 15) is 9.90 Å². The van der Waals surface area contributed by atoms with E-state index in [0.29, 0.717) is 11.5 Å². The van der Waals surface area contributed by atoms with Gasteiger partial charge in [-0.05, 0) is 59.9 Å². The highest BCUT2D eigenvalue weighted by atomic mass is 16.5. The molecule has 0 bridgehead atoms. The van der Waals surface area contributed by atoms with Crippen LogP contribution in [0.4, 0.5) is 0 Å². The van der Waals surface area contributed by atoms with E-state index in [0.717, 1.165) is 5.56 Å². The van der Waals surface area contributed by atoms with Crippen molar-refractivity contribution < 1.29 is 14.6 Å². The molecule has 0 spiro atoms. The van der Waals surface area contributed by atoms with Crippen molar-refractivity contribution in [3.8, 4) is 11.5 Å². The average molecular weight is 340 g/mol. The highest BCUT2D eigenvalue weighted by molar-refractivity contribution is 5.99. The fourth-order valence-corrected chi connectivity index (χ4v) is 2.15. The molecular formula is C20H24N2O3. The SMILES string of the molecule is C/C(=N\NC(=O)COc1ccc(C(C)(C)C)cc1)c1ccc(O)cc1. The Labute approximate surface area is 148 Å². The fraction of sp³-hybridized carbons (Fsp3) is 0.300. The molecule has 0 aromatic heterocycles. The molecule has 0 radical (unpaired) electrons. The van der Waals surface area contributed by atoms with Crippen LogP contribution in [0, 0.1) is 0 Å². The normalized spacial score (nSPS) is 11.9. The number of phenolic OH excluding ortho intramolecular Hbond substituents is 1. The number of benzene rings is 2. The van der Waals surface area contributed by atoms with E-state index < -0.39 is 0 Å². The molecule has 5 nitrogen and oxygen atoms in total. The maximum atomic E-state index is 11.8. The van der Waals surface area contributed by atoms with Crippen LogP contribution in [-0.4, -0.2) is 23.3 Å². The Morgan fingerprint density at radius 1 is 1.08 bits per heavy atom. The predicted octanol–water partition coefficient (Wildman–Crippen LogP) is 3.61. The Balaban J connectivity index is 1.86. The highest BCUT2D eigenvalue weighted by Gasteiger charge is 2.13. The van der Waals surface area contributed by atoms with Crippen LogP contribution in [0.25, 0.3) is 0 Å². The van der Waals surface area contributed by atoms with Gasteiger partial charge in [-0.25, -0.2) is 5.43 Å². The Morgan fingerprint density at radius 3 is 2.24 bits per heavy atom. The fourth-order valence-electron chi connectivity index (χ4n) is 2.15. The molecule has 25 heavy (non-hydrogen) atoms. The predicted molar refractivity (Wildman–Crippen MR) is 99.1 cm³/mol. The van der Waals surface area contributed by atoms with Gasteiger partial charge in [0.05, 0.1) is 5.71 Å². The van der Waals surface area contributed by atoms with Gasteiger partial charge in [0, 0.05) is 0 Å². The molecule has 0 aliphatic rings. The van der Waals surface area contributed by atoms with Gasteiger partial charge in [0.2, 0.25) is 0 Å². The van der Waals surface area contributed by atoms with E-state index in [-0.39, 0.29) is 23.7 Å². The monoisotopic (exact) mass is 340 g/mol. The van der Waals surface area contributed by atoms with E-state index in [1.165, 1.54) is 5.56 Å². The first-order chi connectivity index (χ1) is 11.8. The van der Waals surface area contributed by atoms with Crippen molar-refractivity contribution >= 4 is 11.6 Å². The van der Waals surface area contributed by atoms with Crippen LogP contribution in [0.1, 0.15) is 38.8 Å². The second-order valence-electron chi connectivity index (χ2n) is 6.84. The maximum absolute atomic E-state index is 11.8. The van der Waals surface area contributed by atoms with Crippen LogP contribution in [0.15, 0.2) is 53.6 Å². The van der Waals surface area contributed by atoms with Gasteiger partial charge >= 0.3 is 0 Å². The molecule has 0 atom stereocenters. The van der Waals surface area contributed by atoms with Crippen LogP contribution in [0.3, 0.4) is 0 Å². The molecule has 1 amide bonds. The van der Waals surface area contributed by atoms with Crippen molar-refractivity contribution in [1.29, 1.82) is 0 Å². The minimum Gasteiger partial charge on any atom is -0.508 e. The first kappa shape index (κ1) is 18.5. The number of aromatic hydroxyl groups is 1. The zero-order valence-corrected chi connectivity index (χ0v) is 15.0. The first-order valence-corrected chi connectivity index (χ1v) is 8.11. The van der Waals surface area contributed by atoms with Crippen LogP contribution >= 0.6 is 0 Å². The van der Waals surface area contributed by atoms with Gasteiger partial charge in [-0.1, -0.05) is 32.9 Å². The Hall–Kier alpha value is -2.82.